The van der Waals surface area contributed by atoms with Crippen LogP contribution < -0.4 is 5.32 Å². The van der Waals surface area contributed by atoms with Crippen LogP contribution >= 0.6 is 0 Å². The Hall–Kier alpha value is -1.84. The molecule has 1 N–H and O–H groups in total. The molecule has 4 heteroatoms. The van der Waals surface area contributed by atoms with E-state index in [1.807, 2.05) is 4.68 Å². The Kier molecular flexibility index (Phi) is 2.58. The van der Waals surface area contributed by atoms with Gasteiger partial charge in [-0.25, -0.2) is 4.68 Å². The van der Waals surface area contributed by atoms with Crippen LogP contribution in [0.4, 0.5) is 5.95 Å². The lowest BCUT2D eigenvalue weighted by Crippen LogP contribution is -2.29. The molecule has 0 fully saturated rings. The van der Waals surface area contributed by atoms with Gasteiger partial charge in [0, 0.05) is 11.6 Å². The maximum absolute atomic E-state index is 4.61. The van der Waals surface area contributed by atoms with Crippen molar-refractivity contribution in [1.29, 1.82) is 0 Å². The summed E-state index contributed by atoms with van der Waals surface area (Å²) < 4.78 is 2.00. The molecule has 3 rings (SSSR count). The number of anilines is 1. The predicted molar refractivity (Wildman–Crippen MR) is 72.6 cm³/mol. The Morgan fingerprint density at radius 2 is 1.94 bits per heavy atom. The molecular formula is C14H18N4. The Morgan fingerprint density at radius 1 is 1.22 bits per heavy atom. The molecule has 0 saturated carbocycles. The van der Waals surface area contributed by atoms with Crippen molar-refractivity contribution in [2.24, 2.45) is 0 Å². The van der Waals surface area contributed by atoms with E-state index in [1.54, 1.807) is 0 Å². The van der Waals surface area contributed by atoms with Gasteiger partial charge in [0.2, 0.25) is 5.95 Å². The van der Waals surface area contributed by atoms with E-state index in [9.17, 15) is 0 Å². The summed E-state index contributed by atoms with van der Waals surface area (Å²) in [4.78, 5) is 4.59. The van der Waals surface area contributed by atoms with Crippen LogP contribution in [0.1, 0.15) is 31.9 Å². The standard InChI is InChI=1S/C14H18N4/c1-9-4-6-12(7-5-9)13-16-14-15-10(2)8-11(3)18(14)17-13/h4-7,10-11H,8H2,1-3H3,(H,15,16,17). The van der Waals surface area contributed by atoms with Crippen molar-refractivity contribution < 1.29 is 0 Å². The van der Waals surface area contributed by atoms with Crippen LogP contribution in [0.2, 0.25) is 0 Å². The summed E-state index contributed by atoms with van der Waals surface area (Å²) in [7, 11) is 0. The molecule has 1 aliphatic heterocycles. The van der Waals surface area contributed by atoms with Gasteiger partial charge in [0.15, 0.2) is 5.82 Å². The van der Waals surface area contributed by atoms with E-state index in [2.05, 4.69) is 60.4 Å². The van der Waals surface area contributed by atoms with Gasteiger partial charge >= 0.3 is 0 Å². The largest absolute Gasteiger partial charge is 0.352 e. The zero-order chi connectivity index (χ0) is 12.7. The molecule has 0 saturated heterocycles. The molecule has 0 radical (unpaired) electrons. The third kappa shape index (κ3) is 1.88. The molecule has 2 atom stereocenters. The molecule has 1 aliphatic rings. The highest BCUT2D eigenvalue weighted by Crippen LogP contribution is 2.27. The molecule has 18 heavy (non-hydrogen) atoms. The number of rotatable bonds is 1. The fourth-order valence-electron chi connectivity index (χ4n) is 2.44. The molecular weight excluding hydrogens is 224 g/mol. The van der Waals surface area contributed by atoms with Gasteiger partial charge in [-0.3, -0.25) is 0 Å². The zero-order valence-corrected chi connectivity index (χ0v) is 11.0. The molecule has 94 valence electrons. The molecule has 1 aromatic heterocycles. The normalized spacial score (nSPS) is 22.4. The molecule has 0 bridgehead atoms. The number of aryl methyl sites for hydroxylation is 1. The van der Waals surface area contributed by atoms with E-state index in [0.29, 0.717) is 12.1 Å². The lowest BCUT2D eigenvalue weighted by Gasteiger charge is -2.26. The number of nitrogens with zero attached hydrogens (tertiary/aromatic N) is 3. The molecule has 2 heterocycles. The Labute approximate surface area is 107 Å². The highest BCUT2D eigenvalue weighted by molar-refractivity contribution is 5.57. The molecule has 1 aromatic carbocycles. The summed E-state index contributed by atoms with van der Waals surface area (Å²) in [6.45, 7) is 6.45. The summed E-state index contributed by atoms with van der Waals surface area (Å²) in [6.07, 6.45) is 1.09. The third-order valence-electron chi connectivity index (χ3n) is 3.43. The van der Waals surface area contributed by atoms with Crippen molar-refractivity contribution in [2.75, 3.05) is 5.32 Å². The number of hydrogen-bond donors (Lipinski definition) is 1. The number of hydrogen-bond acceptors (Lipinski definition) is 3. The summed E-state index contributed by atoms with van der Waals surface area (Å²) in [6, 6.07) is 9.20. The molecule has 2 aromatic rings. The number of nitrogens with one attached hydrogen (secondary N) is 1. The van der Waals surface area contributed by atoms with E-state index in [4.69, 9.17) is 0 Å². The minimum atomic E-state index is 0.406. The average molecular weight is 242 g/mol. The molecule has 0 aliphatic carbocycles. The van der Waals surface area contributed by atoms with E-state index in [0.717, 1.165) is 23.8 Å². The van der Waals surface area contributed by atoms with Gasteiger partial charge in [-0.1, -0.05) is 29.8 Å². The lowest BCUT2D eigenvalue weighted by atomic mass is 10.1. The van der Waals surface area contributed by atoms with Gasteiger partial charge in [0.1, 0.15) is 0 Å². The van der Waals surface area contributed by atoms with Gasteiger partial charge in [-0.05, 0) is 27.2 Å². The van der Waals surface area contributed by atoms with E-state index in [1.165, 1.54) is 5.56 Å². The molecule has 4 nitrogen and oxygen atoms in total. The summed E-state index contributed by atoms with van der Waals surface area (Å²) in [5.74, 6) is 1.69. The third-order valence-corrected chi connectivity index (χ3v) is 3.43. The second-order valence-electron chi connectivity index (χ2n) is 5.20. The second kappa shape index (κ2) is 4.12. The van der Waals surface area contributed by atoms with Crippen LogP contribution in [0, 0.1) is 6.92 Å². The van der Waals surface area contributed by atoms with Gasteiger partial charge in [0.25, 0.3) is 0 Å². The Morgan fingerprint density at radius 3 is 2.67 bits per heavy atom. The van der Waals surface area contributed by atoms with Crippen LogP contribution in [-0.4, -0.2) is 20.8 Å². The lowest BCUT2D eigenvalue weighted by molar-refractivity contribution is 0.412. The first kappa shape index (κ1) is 11.3. The predicted octanol–water partition coefficient (Wildman–Crippen LogP) is 3.02. The monoisotopic (exact) mass is 242 g/mol. The van der Waals surface area contributed by atoms with Crippen LogP contribution in [0.3, 0.4) is 0 Å². The van der Waals surface area contributed by atoms with Crippen LogP contribution in [-0.2, 0) is 0 Å². The maximum Gasteiger partial charge on any atom is 0.222 e. The van der Waals surface area contributed by atoms with Crippen molar-refractivity contribution in [3.05, 3.63) is 29.8 Å². The van der Waals surface area contributed by atoms with Crippen molar-refractivity contribution in [1.82, 2.24) is 14.8 Å². The SMILES string of the molecule is Cc1ccc(-c2nc3n(n2)C(C)CC(C)N3)cc1. The Bertz CT molecular complexity index is 556. The quantitative estimate of drug-likeness (QED) is 0.836. The molecule has 0 spiro atoms. The zero-order valence-electron chi connectivity index (χ0n) is 11.0. The van der Waals surface area contributed by atoms with Gasteiger partial charge in [0.05, 0.1) is 6.04 Å². The highest BCUT2D eigenvalue weighted by atomic mass is 15.4. The number of benzene rings is 1. The first-order chi connectivity index (χ1) is 8.63. The molecule has 0 amide bonds. The summed E-state index contributed by atoms with van der Waals surface area (Å²) in [5, 5.41) is 7.99. The first-order valence-electron chi connectivity index (χ1n) is 6.43. The number of fused-ring (bicyclic) bond motifs is 1. The van der Waals surface area contributed by atoms with Crippen molar-refractivity contribution >= 4 is 5.95 Å². The van der Waals surface area contributed by atoms with Gasteiger partial charge in [-0.2, -0.15) is 4.98 Å². The molecule has 2 unspecified atom stereocenters. The first-order valence-corrected chi connectivity index (χ1v) is 6.43. The van der Waals surface area contributed by atoms with Crippen LogP contribution in [0.25, 0.3) is 11.4 Å². The summed E-state index contributed by atoms with van der Waals surface area (Å²) in [5.41, 5.74) is 2.33. The number of aromatic nitrogens is 3. The summed E-state index contributed by atoms with van der Waals surface area (Å²) >= 11 is 0. The topological polar surface area (TPSA) is 42.7 Å². The minimum Gasteiger partial charge on any atom is -0.352 e. The van der Waals surface area contributed by atoms with E-state index < -0.39 is 0 Å². The average Bonchev–Trinajstić information content (AvgIpc) is 2.74. The van der Waals surface area contributed by atoms with Crippen molar-refractivity contribution in [3.8, 4) is 11.4 Å². The van der Waals surface area contributed by atoms with Gasteiger partial charge in [-0.15, -0.1) is 5.10 Å². The Balaban J connectivity index is 2.00. The smallest absolute Gasteiger partial charge is 0.222 e. The van der Waals surface area contributed by atoms with E-state index >= 15 is 0 Å². The van der Waals surface area contributed by atoms with Crippen LogP contribution in [0.5, 0.6) is 0 Å². The fourth-order valence-corrected chi connectivity index (χ4v) is 2.44. The van der Waals surface area contributed by atoms with Crippen molar-refractivity contribution in [2.45, 2.75) is 39.3 Å². The second-order valence-corrected chi connectivity index (χ2v) is 5.20. The van der Waals surface area contributed by atoms with Gasteiger partial charge < -0.3 is 5.32 Å². The maximum atomic E-state index is 4.61. The van der Waals surface area contributed by atoms with Crippen molar-refractivity contribution in [3.63, 3.8) is 0 Å². The van der Waals surface area contributed by atoms with E-state index in [-0.39, 0.29) is 0 Å². The fraction of sp³-hybridized carbons (Fsp3) is 0.429. The highest BCUT2D eigenvalue weighted by Gasteiger charge is 2.23. The van der Waals surface area contributed by atoms with Crippen LogP contribution in [0.15, 0.2) is 24.3 Å². The minimum absolute atomic E-state index is 0.406.